The van der Waals surface area contributed by atoms with E-state index >= 15 is 0 Å². The molecule has 2 nitrogen and oxygen atoms in total. The van der Waals surface area contributed by atoms with Crippen LogP contribution in [-0.2, 0) is 9.84 Å². The van der Waals surface area contributed by atoms with E-state index in [1.165, 1.54) is 0 Å². The maximum atomic E-state index is 13.5. The number of unbranched alkanes of at least 4 members (excludes halogenated alkanes) is 1. The molecule has 0 saturated heterocycles. The standard InChI is InChI=1S/C23H36O2SSi/c1-8-9-10-11-12-13-23(22(19(2)3)18-27(5,6)7)26(24,25)21-16-14-20(4)15-17-21/h8-10,14-17,23H,1,11-13,18H2,2-7H3/b10-9+. The van der Waals surface area contributed by atoms with Gasteiger partial charge in [-0.25, -0.2) is 8.42 Å². The summed E-state index contributed by atoms with van der Waals surface area (Å²) in [4.78, 5) is 0.439. The van der Waals surface area contributed by atoms with Crippen LogP contribution in [0.25, 0.3) is 0 Å². The first-order valence-electron chi connectivity index (χ1n) is 9.73. The van der Waals surface area contributed by atoms with E-state index in [9.17, 15) is 8.42 Å². The maximum absolute atomic E-state index is 13.5. The average molecular weight is 405 g/mol. The zero-order valence-corrected chi connectivity index (χ0v) is 19.7. The monoisotopic (exact) mass is 404 g/mol. The molecule has 0 spiro atoms. The molecule has 0 bridgehead atoms. The molecular formula is C23H36O2SSi. The van der Waals surface area contributed by atoms with Gasteiger partial charge in [-0.05, 0) is 58.2 Å². The molecule has 1 aromatic rings. The molecule has 0 fully saturated rings. The third kappa shape index (κ3) is 7.63. The van der Waals surface area contributed by atoms with E-state index in [2.05, 4.69) is 46.1 Å². The van der Waals surface area contributed by atoms with Gasteiger partial charge in [-0.15, -0.1) is 0 Å². The van der Waals surface area contributed by atoms with Gasteiger partial charge in [0.25, 0.3) is 0 Å². The molecule has 1 aromatic carbocycles. The molecule has 0 aliphatic heterocycles. The zero-order chi connectivity index (χ0) is 20.7. The highest BCUT2D eigenvalue weighted by molar-refractivity contribution is 7.92. The van der Waals surface area contributed by atoms with Gasteiger partial charge in [0.05, 0.1) is 10.1 Å². The van der Waals surface area contributed by atoms with Crippen molar-refractivity contribution in [3.05, 3.63) is 65.8 Å². The fraction of sp³-hybridized carbons (Fsp3) is 0.478. The summed E-state index contributed by atoms with van der Waals surface area (Å²) in [6.07, 6.45) is 8.12. The molecule has 0 aliphatic rings. The van der Waals surface area contributed by atoms with Gasteiger partial charge >= 0.3 is 0 Å². The summed E-state index contributed by atoms with van der Waals surface area (Å²) < 4.78 is 27.1. The Morgan fingerprint density at radius 1 is 1.15 bits per heavy atom. The minimum atomic E-state index is -3.41. The van der Waals surface area contributed by atoms with Crippen LogP contribution in [0.3, 0.4) is 0 Å². The summed E-state index contributed by atoms with van der Waals surface area (Å²) in [6.45, 7) is 16.7. The number of benzene rings is 1. The van der Waals surface area contributed by atoms with Crippen molar-refractivity contribution in [3.8, 4) is 0 Å². The minimum Gasteiger partial charge on any atom is -0.223 e. The second-order valence-corrected chi connectivity index (χ2v) is 16.3. The molecule has 0 radical (unpaired) electrons. The topological polar surface area (TPSA) is 34.1 Å². The molecule has 0 amide bonds. The Morgan fingerprint density at radius 3 is 2.22 bits per heavy atom. The van der Waals surface area contributed by atoms with E-state index < -0.39 is 23.2 Å². The van der Waals surface area contributed by atoms with Crippen LogP contribution < -0.4 is 0 Å². The van der Waals surface area contributed by atoms with Crippen LogP contribution in [0.1, 0.15) is 38.7 Å². The Hall–Kier alpha value is -1.39. The van der Waals surface area contributed by atoms with E-state index in [-0.39, 0.29) is 0 Å². The summed E-state index contributed by atoms with van der Waals surface area (Å²) in [7, 11) is -4.85. The first kappa shape index (κ1) is 23.6. The average Bonchev–Trinajstić information content (AvgIpc) is 2.55. The lowest BCUT2D eigenvalue weighted by Crippen LogP contribution is -2.30. The minimum absolute atomic E-state index is 0.436. The normalized spacial score (nSPS) is 13.6. The molecule has 0 saturated carbocycles. The van der Waals surface area contributed by atoms with Crippen LogP contribution in [-0.4, -0.2) is 21.7 Å². The van der Waals surface area contributed by atoms with Crippen LogP contribution >= 0.6 is 0 Å². The van der Waals surface area contributed by atoms with E-state index in [0.29, 0.717) is 11.3 Å². The highest BCUT2D eigenvalue weighted by Gasteiger charge is 2.33. The summed E-state index contributed by atoms with van der Waals surface area (Å²) in [5.74, 6) is 0. The lowest BCUT2D eigenvalue weighted by Gasteiger charge is -2.27. The Morgan fingerprint density at radius 2 is 1.74 bits per heavy atom. The van der Waals surface area contributed by atoms with Crippen molar-refractivity contribution in [1.29, 1.82) is 0 Å². The van der Waals surface area contributed by atoms with Gasteiger partial charge in [-0.3, -0.25) is 0 Å². The highest BCUT2D eigenvalue weighted by Crippen LogP contribution is 2.33. The fourth-order valence-corrected chi connectivity index (χ4v) is 7.11. The van der Waals surface area contributed by atoms with Crippen LogP contribution in [0.5, 0.6) is 0 Å². The van der Waals surface area contributed by atoms with Crippen molar-refractivity contribution < 1.29 is 8.42 Å². The van der Waals surface area contributed by atoms with Crippen molar-refractivity contribution >= 4 is 17.9 Å². The van der Waals surface area contributed by atoms with Crippen molar-refractivity contribution in [3.63, 3.8) is 0 Å². The molecule has 0 aliphatic carbocycles. The van der Waals surface area contributed by atoms with Crippen LogP contribution in [0.2, 0.25) is 25.7 Å². The zero-order valence-electron chi connectivity index (χ0n) is 17.9. The Balaban J connectivity index is 3.30. The predicted octanol–water partition coefficient (Wildman–Crippen LogP) is 6.72. The van der Waals surface area contributed by atoms with E-state index in [1.807, 2.05) is 25.1 Å². The lowest BCUT2D eigenvalue weighted by atomic mass is 10.0. The number of hydrogen-bond acceptors (Lipinski definition) is 2. The molecule has 0 aromatic heterocycles. The summed E-state index contributed by atoms with van der Waals surface area (Å²) in [6, 6.07) is 8.21. The van der Waals surface area contributed by atoms with Crippen molar-refractivity contribution in [2.75, 3.05) is 0 Å². The van der Waals surface area contributed by atoms with Gasteiger partial charge in [-0.1, -0.05) is 73.3 Å². The van der Waals surface area contributed by atoms with Crippen molar-refractivity contribution in [2.24, 2.45) is 0 Å². The predicted molar refractivity (Wildman–Crippen MR) is 122 cm³/mol. The fourth-order valence-electron chi connectivity index (χ4n) is 3.21. The van der Waals surface area contributed by atoms with Crippen molar-refractivity contribution in [1.82, 2.24) is 0 Å². The maximum Gasteiger partial charge on any atom is 0.185 e. The number of sulfone groups is 1. The molecule has 0 heterocycles. The molecule has 27 heavy (non-hydrogen) atoms. The molecule has 1 unspecified atom stereocenters. The molecule has 150 valence electrons. The first-order valence-corrected chi connectivity index (χ1v) is 15.0. The smallest absolute Gasteiger partial charge is 0.185 e. The van der Waals surface area contributed by atoms with Gasteiger partial charge < -0.3 is 0 Å². The lowest BCUT2D eigenvalue weighted by molar-refractivity contribution is 0.576. The second-order valence-electron chi connectivity index (χ2n) is 8.70. The molecule has 4 heteroatoms. The van der Waals surface area contributed by atoms with E-state index in [1.54, 1.807) is 18.2 Å². The van der Waals surface area contributed by atoms with Crippen molar-refractivity contribution in [2.45, 2.75) is 75.9 Å². The number of aryl methyl sites for hydroxylation is 1. The number of rotatable bonds is 10. The SMILES string of the molecule is C=C/C=C/CCCC(C(C[Si](C)(C)C)=C(C)C)S(=O)(=O)c1ccc(C)cc1. The van der Waals surface area contributed by atoms with Crippen LogP contribution in [0, 0.1) is 6.92 Å². The third-order valence-electron chi connectivity index (χ3n) is 4.59. The number of hydrogen-bond donors (Lipinski definition) is 0. The van der Waals surface area contributed by atoms with Gasteiger partial charge in [0.1, 0.15) is 0 Å². The molecule has 1 rings (SSSR count). The Kier molecular flexibility index (Phi) is 8.96. The van der Waals surface area contributed by atoms with Crippen LogP contribution in [0.15, 0.2) is 65.1 Å². The van der Waals surface area contributed by atoms with Crippen LogP contribution in [0.4, 0.5) is 0 Å². The first-order chi connectivity index (χ1) is 12.5. The van der Waals surface area contributed by atoms with Gasteiger partial charge in [-0.2, -0.15) is 0 Å². The van der Waals surface area contributed by atoms with Gasteiger partial charge in [0.15, 0.2) is 9.84 Å². The molecule has 1 atom stereocenters. The van der Waals surface area contributed by atoms with E-state index in [4.69, 9.17) is 0 Å². The second kappa shape index (κ2) is 10.2. The summed E-state index contributed by atoms with van der Waals surface area (Å²) in [5, 5.41) is -0.436. The quantitative estimate of drug-likeness (QED) is 0.188. The number of allylic oxidation sites excluding steroid dienone is 4. The molecular weight excluding hydrogens is 368 g/mol. The largest absolute Gasteiger partial charge is 0.223 e. The van der Waals surface area contributed by atoms with Gasteiger partial charge in [0, 0.05) is 8.07 Å². The van der Waals surface area contributed by atoms with Gasteiger partial charge in [0.2, 0.25) is 0 Å². The van der Waals surface area contributed by atoms with E-state index in [0.717, 1.165) is 35.6 Å². The third-order valence-corrected chi connectivity index (χ3v) is 8.23. The summed E-state index contributed by atoms with van der Waals surface area (Å²) in [5.41, 5.74) is 3.35. The summed E-state index contributed by atoms with van der Waals surface area (Å²) >= 11 is 0. The Bertz CT molecular complexity index is 775. The Labute approximate surface area is 168 Å². The highest BCUT2D eigenvalue weighted by atomic mass is 32.2. The molecule has 0 N–H and O–H groups in total.